The zero-order valence-corrected chi connectivity index (χ0v) is 13.3. The van der Waals surface area contributed by atoms with Crippen LogP contribution < -0.4 is 0 Å². The standard InChI is InChI=1S/C16H16N2O7/c1-8(19)13-11-6-12(20)14(17(11)15(13)21)16(22)25-7-9-2-4-10(5-3-9)18(23)24/h2-5,8,11,13-14,19H,6-7H2,1H3/t8-,11+,13-,14-/m1/s1. The zero-order valence-electron chi connectivity index (χ0n) is 13.3. The predicted molar refractivity (Wildman–Crippen MR) is 82.1 cm³/mol. The fraction of sp³-hybridized carbons (Fsp3) is 0.438. The summed E-state index contributed by atoms with van der Waals surface area (Å²) >= 11 is 0. The second-order valence-electron chi connectivity index (χ2n) is 6.18. The van der Waals surface area contributed by atoms with Crippen molar-refractivity contribution >= 4 is 23.3 Å². The number of non-ortho nitro benzene ring substituents is 1. The number of hydrogen-bond acceptors (Lipinski definition) is 7. The fourth-order valence-corrected chi connectivity index (χ4v) is 3.33. The maximum atomic E-state index is 12.2. The molecule has 0 unspecified atom stereocenters. The maximum Gasteiger partial charge on any atom is 0.337 e. The summed E-state index contributed by atoms with van der Waals surface area (Å²) in [6.07, 6.45) is -0.852. The van der Waals surface area contributed by atoms with E-state index in [2.05, 4.69) is 0 Å². The van der Waals surface area contributed by atoms with Crippen molar-refractivity contribution < 1.29 is 29.2 Å². The van der Waals surface area contributed by atoms with Gasteiger partial charge in [0.1, 0.15) is 6.61 Å². The average Bonchev–Trinajstić information content (AvgIpc) is 2.85. The second kappa shape index (κ2) is 6.25. The van der Waals surface area contributed by atoms with Gasteiger partial charge in [-0.25, -0.2) is 4.79 Å². The van der Waals surface area contributed by atoms with Crippen LogP contribution in [-0.2, 0) is 25.7 Å². The van der Waals surface area contributed by atoms with Gasteiger partial charge in [0.15, 0.2) is 11.8 Å². The minimum absolute atomic E-state index is 0.0264. The molecule has 9 nitrogen and oxygen atoms in total. The molecule has 2 saturated heterocycles. The normalized spacial score (nSPS) is 26.0. The van der Waals surface area contributed by atoms with E-state index in [4.69, 9.17) is 4.74 Å². The molecule has 9 heteroatoms. The van der Waals surface area contributed by atoms with Crippen molar-refractivity contribution in [2.24, 2.45) is 5.92 Å². The fourth-order valence-electron chi connectivity index (χ4n) is 3.33. The monoisotopic (exact) mass is 348 g/mol. The van der Waals surface area contributed by atoms with E-state index in [1.807, 2.05) is 0 Å². The van der Waals surface area contributed by atoms with Gasteiger partial charge in [-0.1, -0.05) is 0 Å². The van der Waals surface area contributed by atoms with Crippen LogP contribution in [0.3, 0.4) is 0 Å². The van der Waals surface area contributed by atoms with Crippen LogP contribution in [0.5, 0.6) is 0 Å². The summed E-state index contributed by atoms with van der Waals surface area (Å²) in [5.74, 6) is -2.32. The number of carbonyl (C=O) groups is 3. The van der Waals surface area contributed by atoms with Gasteiger partial charge in [-0.2, -0.15) is 0 Å². The largest absolute Gasteiger partial charge is 0.459 e. The molecule has 0 saturated carbocycles. The number of Topliss-reactive ketones (excluding diaryl/α,β-unsaturated/α-hetero) is 1. The molecule has 132 valence electrons. The first-order valence-electron chi connectivity index (χ1n) is 7.74. The molecule has 1 aromatic rings. The topological polar surface area (TPSA) is 127 Å². The Hall–Kier alpha value is -2.81. The van der Waals surface area contributed by atoms with E-state index in [1.165, 1.54) is 36.1 Å². The molecule has 2 heterocycles. The molecule has 2 aliphatic rings. The van der Waals surface area contributed by atoms with Crippen molar-refractivity contribution in [3.05, 3.63) is 39.9 Å². The minimum Gasteiger partial charge on any atom is -0.459 e. The lowest BCUT2D eigenvalue weighted by Gasteiger charge is -2.45. The lowest BCUT2D eigenvalue weighted by atomic mass is 9.84. The Labute approximate surface area is 142 Å². The number of ether oxygens (including phenoxy) is 1. The van der Waals surface area contributed by atoms with Gasteiger partial charge in [-0.3, -0.25) is 19.7 Å². The quantitative estimate of drug-likeness (QED) is 0.264. The lowest BCUT2D eigenvalue weighted by molar-refractivity contribution is -0.384. The Bertz CT molecular complexity index is 743. The summed E-state index contributed by atoms with van der Waals surface area (Å²) in [4.78, 5) is 47.6. The molecule has 2 fully saturated rings. The van der Waals surface area contributed by atoms with Gasteiger partial charge in [-0.15, -0.1) is 0 Å². The van der Waals surface area contributed by atoms with Crippen molar-refractivity contribution in [1.29, 1.82) is 0 Å². The molecule has 3 rings (SSSR count). The average molecular weight is 348 g/mol. The van der Waals surface area contributed by atoms with Crippen LogP contribution in [0.25, 0.3) is 0 Å². The van der Waals surface area contributed by atoms with Crippen LogP contribution >= 0.6 is 0 Å². The highest BCUT2D eigenvalue weighted by Gasteiger charge is 2.61. The summed E-state index contributed by atoms with van der Waals surface area (Å²) in [5, 5.41) is 20.2. The Kier molecular flexibility index (Phi) is 4.25. The van der Waals surface area contributed by atoms with Crippen molar-refractivity contribution in [1.82, 2.24) is 4.90 Å². The third-order valence-corrected chi connectivity index (χ3v) is 4.58. The Morgan fingerprint density at radius 1 is 1.40 bits per heavy atom. The van der Waals surface area contributed by atoms with E-state index in [9.17, 15) is 29.6 Å². The van der Waals surface area contributed by atoms with Crippen LogP contribution in [0.2, 0.25) is 0 Å². The van der Waals surface area contributed by atoms with Gasteiger partial charge in [0.25, 0.3) is 5.69 Å². The predicted octanol–water partition coefficient (Wildman–Crippen LogP) is 0.187. The highest BCUT2D eigenvalue weighted by atomic mass is 16.6. The summed E-state index contributed by atoms with van der Waals surface area (Å²) < 4.78 is 5.09. The third kappa shape index (κ3) is 2.86. The molecule has 0 aromatic heterocycles. The van der Waals surface area contributed by atoms with E-state index >= 15 is 0 Å². The number of benzene rings is 1. The smallest absolute Gasteiger partial charge is 0.337 e. The Balaban J connectivity index is 1.63. The molecule has 4 atom stereocenters. The maximum absolute atomic E-state index is 12.2. The number of nitro groups is 1. The van der Waals surface area contributed by atoms with Gasteiger partial charge in [-0.05, 0) is 24.6 Å². The summed E-state index contributed by atoms with van der Waals surface area (Å²) in [6.45, 7) is 1.32. The van der Waals surface area contributed by atoms with Gasteiger partial charge in [0, 0.05) is 18.6 Å². The number of carbonyl (C=O) groups excluding carboxylic acids is 3. The van der Waals surface area contributed by atoms with Gasteiger partial charge >= 0.3 is 5.97 Å². The highest BCUT2D eigenvalue weighted by molar-refractivity contribution is 6.11. The first-order valence-corrected chi connectivity index (χ1v) is 7.74. The van der Waals surface area contributed by atoms with Crippen molar-refractivity contribution in [3.8, 4) is 0 Å². The second-order valence-corrected chi connectivity index (χ2v) is 6.18. The first-order chi connectivity index (χ1) is 11.8. The van der Waals surface area contributed by atoms with Gasteiger partial charge < -0.3 is 14.7 Å². The number of nitrogens with zero attached hydrogens (tertiary/aromatic N) is 2. The van der Waals surface area contributed by atoms with E-state index in [1.54, 1.807) is 0 Å². The van der Waals surface area contributed by atoms with E-state index in [-0.39, 0.29) is 18.7 Å². The number of aliphatic hydroxyl groups is 1. The number of nitro benzene ring substituents is 1. The van der Waals surface area contributed by atoms with Crippen molar-refractivity contribution in [3.63, 3.8) is 0 Å². The number of ketones is 1. The molecule has 2 aliphatic heterocycles. The van der Waals surface area contributed by atoms with Crippen molar-refractivity contribution in [2.75, 3.05) is 0 Å². The van der Waals surface area contributed by atoms with Crippen LogP contribution in [-0.4, -0.2) is 50.8 Å². The number of hydrogen-bond donors (Lipinski definition) is 1. The minimum atomic E-state index is -1.27. The molecule has 0 bridgehead atoms. The first kappa shape index (κ1) is 17.0. The lowest BCUT2D eigenvalue weighted by Crippen LogP contribution is -2.64. The molecule has 0 aliphatic carbocycles. The van der Waals surface area contributed by atoms with E-state index in [0.29, 0.717) is 5.56 Å². The highest BCUT2D eigenvalue weighted by Crippen LogP contribution is 2.40. The molecule has 1 N–H and O–H groups in total. The molecule has 0 radical (unpaired) electrons. The number of esters is 1. The Morgan fingerprint density at radius 3 is 2.60 bits per heavy atom. The molecule has 1 amide bonds. The van der Waals surface area contributed by atoms with Crippen molar-refractivity contribution in [2.45, 2.75) is 38.1 Å². The van der Waals surface area contributed by atoms with Crippen LogP contribution in [0, 0.1) is 16.0 Å². The number of amides is 1. The molecular weight excluding hydrogens is 332 g/mol. The molecule has 25 heavy (non-hydrogen) atoms. The van der Waals surface area contributed by atoms with E-state index < -0.39 is 46.7 Å². The van der Waals surface area contributed by atoms with Gasteiger partial charge in [0.05, 0.1) is 23.0 Å². The number of rotatable bonds is 5. The number of fused-ring (bicyclic) bond motifs is 1. The number of aliphatic hydroxyl groups excluding tert-OH is 1. The van der Waals surface area contributed by atoms with Crippen LogP contribution in [0.4, 0.5) is 5.69 Å². The SMILES string of the molecule is C[C@@H](O)[C@H]1C(=O)N2[C@@H](C(=O)OCc3ccc([N+](=O)[O-])cc3)C(=O)C[C@@H]12. The summed E-state index contributed by atoms with van der Waals surface area (Å²) in [7, 11) is 0. The molecular formula is C16H16N2O7. The Morgan fingerprint density at radius 2 is 2.04 bits per heavy atom. The summed E-state index contributed by atoms with van der Waals surface area (Å²) in [5.41, 5.74) is 0.442. The molecule has 1 aromatic carbocycles. The molecule has 0 spiro atoms. The summed E-state index contributed by atoms with van der Waals surface area (Å²) in [6, 6.07) is 3.73. The van der Waals surface area contributed by atoms with Crippen LogP contribution in [0.1, 0.15) is 18.9 Å². The number of β-lactam (4-membered cyclic amide) rings is 1. The zero-order chi connectivity index (χ0) is 18.3. The third-order valence-electron chi connectivity index (χ3n) is 4.58. The van der Waals surface area contributed by atoms with Crippen LogP contribution in [0.15, 0.2) is 24.3 Å². The van der Waals surface area contributed by atoms with E-state index in [0.717, 1.165) is 0 Å². The van der Waals surface area contributed by atoms with Gasteiger partial charge in [0.2, 0.25) is 5.91 Å².